The van der Waals surface area contributed by atoms with Gasteiger partial charge in [0.25, 0.3) is 5.91 Å². The minimum absolute atomic E-state index is 0.115. The van der Waals surface area contributed by atoms with Crippen molar-refractivity contribution >= 4 is 34.9 Å². The molecule has 0 bridgehead atoms. The highest BCUT2D eigenvalue weighted by atomic mass is 32.1. The van der Waals surface area contributed by atoms with Gasteiger partial charge in [-0.15, -0.1) is 11.3 Å². The van der Waals surface area contributed by atoms with E-state index in [1.54, 1.807) is 4.90 Å². The summed E-state index contributed by atoms with van der Waals surface area (Å²) in [6, 6.07) is 11.7. The monoisotopic (exact) mass is 383 g/mol. The highest BCUT2D eigenvalue weighted by Crippen LogP contribution is 2.25. The lowest BCUT2D eigenvalue weighted by atomic mass is 9.99. The van der Waals surface area contributed by atoms with E-state index in [9.17, 15) is 9.59 Å². The number of carbonyl (C=O) groups is 2. The van der Waals surface area contributed by atoms with E-state index in [1.165, 1.54) is 11.3 Å². The highest BCUT2D eigenvalue weighted by molar-refractivity contribution is 7.11. The Kier molecular flexibility index (Phi) is 6.45. The lowest BCUT2D eigenvalue weighted by molar-refractivity contribution is -0.148. The van der Waals surface area contributed by atoms with E-state index in [0.717, 1.165) is 41.9 Å². The number of piperidine rings is 1. The molecular formula is C22H25NO3S. The normalized spacial score (nSPS) is 15.6. The van der Waals surface area contributed by atoms with Crippen molar-refractivity contribution in [3.8, 4) is 0 Å². The molecule has 2 heterocycles. The van der Waals surface area contributed by atoms with Crippen LogP contribution in [0.3, 0.4) is 0 Å². The number of rotatable bonds is 5. The molecule has 1 amide bonds. The molecule has 27 heavy (non-hydrogen) atoms. The van der Waals surface area contributed by atoms with Gasteiger partial charge < -0.3 is 9.64 Å². The maximum Gasteiger partial charge on any atom is 0.340 e. The summed E-state index contributed by atoms with van der Waals surface area (Å²) in [5.74, 6) is 0.0771. The van der Waals surface area contributed by atoms with Crippen molar-refractivity contribution in [2.75, 3.05) is 19.7 Å². The van der Waals surface area contributed by atoms with E-state index < -0.39 is 5.97 Å². The number of ether oxygens (including phenoxy) is 1. The Morgan fingerprint density at radius 2 is 2.00 bits per heavy atom. The van der Waals surface area contributed by atoms with Crippen molar-refractivity contribution in [2.24, 2.45) is 5.92 Å². The average Bonchev–Trinajstić information content (AvgIpc) is 3.19. The molecule has 1 fully saturated rings. The van der Waals surface area contributed by atoms with Gasteiger partial charge in [-0.1, -0.05) is 42.8 Å². The predicted octanol–water partition coefficient (Wildman–Crippen LogP) is 4.40. The second kappa shape index (κ2) is 9.00. The van der Waals surface area contributed by atoms with Crippen LogP contribution in [0.2, 0.25) is 0 Å². The summed E-state index contributed by atoms with van der Waals surface area (Å²) < 4.78 is 5.38. The maximum atomic E-state index is 12.7. The van der Waals surface area contributed by atoms with Gasteiger partial charge in [0.05, 0.1) is 5.57 Å². The lowest BCUT2D eigenvalue weighted by Crippen LogP contribution is -2.40. The number of thiophene rings is 1. The van der Waals surface area contributed by atoms with Gasteiger partial charge in [0.2, 0.25) is 0 Å². The standard InChI is InChI=1S/C22H25NO3S/c1-16-8-10-23(11-9-16)21(24)15-26-22(25)19(20-7-4-12-27-20)14-18-6-3-5-17(2)13-18/h3-7,12-14,16H,8-11,15H2,1-2H3/b19-14+. The summed E-state index contributed by atoms with van der Waals surface area (Å²) in [4.78, 5) is 27.7. The van der Waals surface area contributed by atoms with Crippen molar-refractivity contribution in [1.82, 2.24) is 4.90 Å². The average molecular weight is 384 g/mol. The molecule has 4 nitrogen and oxygen atoms in total. The van der Waals surface area contributed by atoms with Gasteiger partial charge in [0, 0.05) is 18.0 Å². The second-order valence-electron chi connectivity index (χ2n) is 7.09. The number of nitrogens with zero attached hydrogens (tertiary/aromatic N) is 1. The molecule has 0 atom stereocenters. The molecule has 3 rings (SSSR count). The second-order valence-corrected chi connectivity index (χ2v) is 8.04. The highest BCUT2D eigenvalue weighted by Gasteiger charge is 2.22. The molecule has 142 valence electrons. The Labute approximate surface area is 164 Å². The molecular weight excluding hydrogens is 358 g/mol. The van der Waals surface area contributed by atoms with E-state index in [0.29, 0.717) is 11.5 Å². The van der Waals surface area contributed by atoms with E-state index >= 15 is 0 Å². The van der Waals surface area contributed by atoms with Crippen LogP contribution in [0.1, 0.15) is 35.8 Å². The smallest absolute Gasteiger partial charge is 0.340 e. The number of carbonyl (C=O) groups excluding carboxylic acids is 2. The Morgan fingerprint density at radius 3 is 2.67 bits per heavy atom. The van der Waals surface area contributed by atoms with Crippen LogP contribution < -0.4 is 0 Å². The summed E-state index contributed by atoms with van der Waals surface area (Å²) in [6.45, 7) is 5.50. The third-order valence-corrected chi connectivity index (χ3v) is 5.73. The molecule has 0 saturated carbocycles. The molecule has 0 unspecified atom stereocenters. The van der Waals surface area contributed by atoms with Gasteiger partial charge in [0.15, 0.2) is 6.61 Å². The third kappa shape index (κ3) is 5.30. The quantitative estimate of drug-likeness (QED) is 0.568. The van der Waals surface area contributed by atoms with Crippen LogP contribution in [-0.4, -0.2) is 36.5 Å². The van der Waals surface area contributed by atoms with Gasteiger partial charge >= 0.3 is 5.97 Å². The third-order valence-electron chi connectivity index (χ3n) is 4.82. The fraction of sp³-hybridized carbons (Fsp3) is 0.364. The van der Waals surface area contributed by atoms with Crippen molar-refractivity contribution in [2.45, 2.75) is 26.7 Å². The number of amides is 1. The molecule has 5 heteroatoms. The van der Waals surface area contributed by atoms with Crippen molar-refractivity contribution in [1.29, 1.82) is 0 Å². The van der Waals surface area contributed by atoms with Crippen LogP contribution in [0.5, 0.6) is 0 Å². The van der Waals surface area contributed by atoms with Crippen LogP contribution in [0.4, 0.5) is 0 Å². The molecule has 2 aromatic rings. The zero-order valence-corrected chi connectivity index (χ0v) is 16.6. The van der Waals surface area contributed by atoms with Crippen LogP contribution in [-0.2, 0) is 14.3 Å². The summed E-state index contributed by atoms with van der Waals surface area (Å²) in [7, 11) is 0. The Hall–Kier alpha value is -2.40. The first-order valence-electron chi connectivity index (χ1n) is 9.30. The van der Waals surface area contributed by atoms with Gasteiger partial charge in [-0.2, -0.15) is 0 Å². The minimum atomic E-state index is -0.460. The predicted molar refractivity (Wildman–Crippen MR) is 109 cm³/mol. The number of aryl methyl sites for hydroxylation is 1. The molecule has 0 radical (unpaired) electrons. The van der Waals surface area contributed by atoms with Crippen LogP contribution >= 0.6 is 11.3 Å². The van der Waals surface area contributed by atoms with E-state index in [1.807, 2.05) is 54.8 Å². The number of likely N-dealkylation sites (tertiary alicyclic amines) is 1. The molecule has 1 aromatic heterocycles. The first-order chi connectivity index (χ1) is 13.0. The molecule has 0 N–H and O–H groups in total. The fourth-order valence-electron chi connectivity index (χ4n) is 3.14. The lowest BCUT2D eigenvalue weighted by Gasteiger charge is -2.30. The van der Waals surface area contributed by atoms with Gasteiger partial charge in [-0.25, -0.2) is 4.79 Å². The summed E-state index contributed by atoms with van der Waals surface area (Å²) in [5.41, 5.74) is 2.54. The number of benzene rings is 1. The summed E-state index contributed by atoms with van der Waals surface area (Å²) >= 11 is 1.48. The van der Waals surface area contributed by atoms with Crippen molar-refractivity contribution in [3.05, 3.63) is 57.8 Å². The van der Waals surface area contributed by atoms with Crippen molar-refractivity contribution in [3.63, 3.8) is 0 Å². The van der Waals surface area contributed by atoms with Gasteiger partial charge in [0.1, 0.15) is 0 Å². The summed E-state index contributed by atoms with van der Waals surface area (Å²) in [6.07, 6.45) is 3.84. The van der Waals surface area contributed by atoms with E-state index in [4.69, 9.17) is 4.74 Å². The number of hydrogen-bond acceptors (Lipinski definition) is 4. The molecule has 1 aromatic carbocycles. The molecule has 0 spiro atoms. The molecule has 1 aliphatic rings. The zero-order valence-electron chi connectivity index (χ0n) is 15.8. The van der Waals surface area contributed by atoms with E-state index in [2.05, 4.69) is 6.92 Å². The molecule has 0 aliphatic carbocycles. The van der Waals surface area contributed by atoms with Crippen molar-refractivity contribution < 1.29 is 14.3 Å². The minimum Gasteiger partial charge on any atom is -0.452 e. The fourth-order valence-corrected chi connectivity index (χ4v) is 3.87. The first kappa shape index (κ1) is 19.4. The summed E-state index contributed by atoms with van der Waals surface area (Å²) in [5, 5.41) is 1.92. The Balaban J connectivity index is 1.69. The van der Waals surface area contributed by atoms with Crippen LogP contribution in [0.15, 0.2) is 41.8 Å². The topological polar surface area (TPSA) is 46.6 Å². The Bertz CT molecular complexity index is 818. The zero-order chi connectivity index (χ0) is 19.2. The van der Waals surface area contributed by atoms with E-state index in [-0.39, 0.29) is 12.5 Å². The van der Waals surface area contributed by atoms with Crippen LogP contribution in [0.25, 0.3) is 11.6 Å². The van der Waals surface area contributed by atoms with Gasteiger partial charge in [-0.3, -0.25) is 4.79 Å². The number of hydrogen-bond donors (Lipinski definition) is 0. The first-order valence-corrected chi connectivity index (χ1v) is 10.2. The Morgan fingerprint density at radius 1 is 1.22 bits per heavy atom. The van der Waals surface area contributed by atoms with Crippen LogP contribution in [0, 0.1) is 12.8 Å². The molecule has 1 aliphatic heterocycles. The maximum absolute atomic E-state index is 12.7. The largest absolute Gasteiger partial charge is 0.452 e. The SMILES string of the molecule is Cc1cccc(/C=C(/C(=O)OCC(=O)N2CCC(C)CC2)c2cccs2)c1. The molecule has 1 saturated heterocycles. The number of esters is 1. The van der Waals surface area contributed by atoms with Gasteiger partial charge in [-0.05, 0) is 48.8 Å².